The summed E-state index contributed by atoms with van der Waals surface area (Å²) in [5, 5.41) is 12.4. The third-order valence-electron chi connectivity index (χ3n) is 2.78. The molecular weight excluding hydrogens is 304 g/mol. The second-order valence-electron chi connectivity index (χ2n) is 3.94. The van der Waals surface area contributed by atoms with Crippen molar-refractivity contribution in [2.45, 2.75) is 6.54 Å². The van der Waals surface area contributed by atoms with Crippen molar-refractivity contribution < 1.29 is 4.74 Å². The highest BCUT2D eigenvalue weighted by atomic mass is 79.9. The van der Waals surface area contributed by atoms with Crippen LogP contribution in [0, 0.1) is 11.3 Å². The summed E-state index contributed by atoms with van der Waals surface area (Å²) in [5.41, 5.74) is 2.42. The topological polar surface area (TPSA) is 45.0 Å². The first-order valence-electron chi connectivity index (χ1n) is 5.80. The monoisotopic (exact) mass is 316 g/mol. The lowest BCUT2D eigenvalue weighted by molar-refractivity contribution is 0.416. The quantitative estimate of drug-likeness (QED) is 0.929. The Labute approximate surface area is 121 Å². The van der Waals surface area contributed by atoms with Gasteiger partial charge in [0.1, 0.15) is 11.8 Å². The van der Waals surface area contributed by atoms with Gasteiger partial charge in [-0.1, -0.05) is 40.2 Å². The molecule has 2 aromatic carbocycles. The zero-order valence-corrected chi connectivity index (χ0v) is 12.1. The Morgan fingerprint density at radius 1 is 1.21 bits per heavy atom. The van der Waals surface area contributed by atoms with E-state index in [-0.39, 0.29) is 0 Å². The summed E-state index contributed by atoms with van der Waals surface area (Å²) >= 11 is 3.50. The van der Waals surface area contributed by atoms with Crippen molar-refractivity contribution in [1.82, 2.24) is 0 Å². The van der Waals surface area contributed by atoms with E-state index in [1.54, 1.807) is 19.2 Å². The molecule has 0 heterocycles. The Kier molecular flexibility index (Phi) is 4.43. The molecule has 0 bridgehead atoms. The molecule has 1 N–H and O–H groups in total. The maximum Gasteiger partial charge on any atom is 0.143 e. The van der Waals surface area contributed by atoms with Gasteiger partial charge in [0.25, 0.3) is 0 Å². The van der Waals surface area contributed by atoms with Crippen LogP contribution < -0.4 is 10.1 Å². The number of nitriles is 1. The molecule has 0 saturated heterocycles. The molecule has 2 aromatic rings. The Morgan fingerprint density at radius 3 is 2.68 bits per heavy atom. The summed E-state index contributed by atoms with van der Waals surface area (Å²) < 4.78 is 6.32. The van der Waals surface area contributed by atoms with Crippen LogP contribution in [0.2, 0.25) is 0 Å². The highest BCUT2D eigenvalue weighted by Gasteiger charge is 2.08. The minimum Gasteiger partial charge on any atom is -0.495 e. The second kappa shape index (κ2) is 6.26. The number of ether oxygens (including phenoxy) is 1. The molecule has 3 nitrogen and oxygen atoms in total. The summed E-state index contributed by atoms with van der Waals surface area (Å²) in [4.78, 5) is 0. The molecule has 0 aromatic heterocycles. The van der Waals surface area contributed by atoms with E-state index in [1.165, 1.54) is 0 Å². The predicted molar refractivity (Wildman–Crippen MR) is 79.2 cm³/mol. The number of hydrogen-bond acceptors (Lipinski definition) is 3. The van der Waals surface area contributed by atoms with Gasteiger partial charge in [-0.25, -0.2) is 0 Å². The van der Waals surface area contributed by atoms with E-state index in [1.807, 2.05) is 30.3 Å². The van der Waals surface area contributed by atoms with E-state index in [0.29, 0.717) is 17.9 Å². The van der Waals surface area contributed by atoms with Gasteiger partial charge in [-0.2, -0.15) is 5.26 Å². The molecular formula is C15H13BrN2O. The molecule has 2 rings (SSSR count). The van der Waals surface area contributed by atoms with Crippen molar-refractivity contribution in [1.29, 1.82) is 5.26 Å². The van der Waals surface area contributed by atoms with Crippen molar-refractivity contribution in [2.24, 2.45) is 0 Å². The van der Waals surface area contributed by atoms with Crippen LogP contribution >= 0.6 is 15.9 Å². The molecule has 0 radical (unpaired) electrons. The van der Waals surface area contributed by atoms with E-state index in [9.17, 15) is 0 Å². The fourth-order valence-corrected chi connectivity index (χ4v) is 2.23. The number of benzene rings is 2. The first-order valence-corrected chi connectivity index (χ1v) is 6.60. The third kappa shape index (κ3) is 3.07. The smallest absolute Gasteiger partial charge is 0.143 e. The third-order valence-corrected chi connectivity index (χ3v) is 3.55. The highest BCUT2D eigenvalue weighted by Crippen LogP contribution is 2.29. The number of rotatable bonds is 4. The Hall–Kier alpha value is -1.99. The van der Waals surface area contributed by atoms with Gasteiger partial charge >= 0.3 is 0 Å². The average Bonchev–Trinajstić information content (AvgIpc) is 2.46. The highest BCUT2D eigenvalue weighted by molar-refractivity contribution is 9.10. The number of nitrogens with zero attached hydrogens (tertiary/aromatic N) is 1. The zero-order valence-electron chi connectivity index (χ0n) is 10.5. The maximum atomic E-state index is 9.14. The van der Waals surface area contributed by atoms with Crippen LogP contribution in [0.15, 0.2) is 46.9 Å². The van der Waals surface area contributed by atoms with E-state index < -0.39 is 0 Å². The lowest BCUT2D eigenvalue weighted by Gasteiger charge is -2.13. The Balaban J connectivity index is 2.25. The first-order chi connectivity index (χ1) is 9.26. The van der Waals surface area contributed by atoms with Crippen molar-refractivity contribution >= 4 is 21.6 Å². The van der Waals surface area contributed by atoms with Crippen LogP contribution in [0.3, 0.4) is 0 Å². The predicted octanol–water partition coefficient (Wildman–Crippen LogP) is 3.94. The number of halogens is 1. The summed E-state index contributed by atoms with van der Waals surface area (Å²) in [6.07, 6.45) is 0. The second-order valence-corrected chi connectivity index (χ2v) is 4.79. The molecule has 0 amide bonds. The molecule has 0 saturated carbocycles. The molecule has 19 heavy (non-hydrogen) atoms. The largest absolute Gasteiger partial charge is 0.495 e. The number of para-hydroxylation sites is 1. The van der Waals surface area contributed by atoms with Gasteiger partial charge < -0.3 is 10.1 Å². The van der Waals surface area contributed by atoms with Gasteiger partial charge in [-0.15, -0.1) is 0 Å². The lowest BCUT2D eigenvalue weighted by Crippen LogP contribution is -2.03. The van der Waals surface area contributed by atoms with Crippen LogP contribution in [0.5, 0.6) is 5.75 Å². The zero-order chi connectivity index (χ0) is 13.7. The Morgan fingerprint density at radius 2 is 2.00 bits per heavy atom. The van der Waals surface area contributed by atoms with Crippen LogP contribution in [-0.2, 0) is 6.54 Å². The number of nitrogens with one attached hydrogen (secondary N) is 1. The first kappa shape index (κ1) is 13.4. The van der Waals surface area contributed by atoms with Crippen molar-refractivity contribution in [2.75, 3.05) is 12.4 Å². The normalized spacial score (nSPS) is 9.74. The van der Waals surface area contributed by atoms with Crippen molar-refractivity contribution in [3.05, 3.63) is 58.1 Å². The van der Waals surface area contributed by atoms with Gasteiger partial charge in [-0.3, -0.25) is 0 Å². The summed E-state index contributed by atoms with van der Waals surface area (Å²) in [7, 11) is 1.60. The molecule has 4 heteroatoms. The maximum absolute atomic E-state index is 9.14. The molecule has 0 aliphatic rings. The van der Waals surface area contributed by atoms with E-state index >= 15 is 0 Å². The molecule has 0 aliphatic heterocycles. The van der Waals surface area contributed by atoms with E-state index in [4.69, 9.17) is 10.00 Å². The van der Waals surface area contributed by atoms with Crippen LogP contribution in [0.4, 0.5) is 5.69 Å². The number of methoxy groups -OCH3 is 1. The minimum atomic E-state index is 0.575. The molecule has 0 aliphatic carbocycles. The van der Waals surface area contributed by atoms with Gasteiger partial charge in [0.15, 0.2) is 0 Å². The van der Waals surface area contributed by atoms with Gasteiger partial charge in [0.05, 0.1) is 18.4 Å². The number of anilines is 1. The molecule has 0 fully saturated rings. The van der Waals surface area contributed by atoms with Crippen LogP contribution in [0.1, 0.15) is 11.1 Å². The van der Waals surface area contributed by atoms with Crippen molar-refractivity contribution in [3.63, 3.8) is 0 Å². The molecule has 0 atom stereocenters. The van der Waals surface area contributed by atoms with Gasteiger partial charge in [0, 0.05) is 11.0 Å². The fraction of sp³-hybridized carbons (Fsp3) is 0.133. The van der Waals surface area contributed by atoms with Gasteiger partial charge in [-0.05, 0) is 23.8 Å². The van der Waals surface area contributed by atoms with E-state index in [2.05, 4.69) is 27.3 Å². The van der Waals surface area contributed by atoms with Crippen LogP contribution in [0.25, 0.3) is 0 Å². The van der Waals surface area contributed by atoms with Gasteiger partial charge in [0.2, 0.25) is 0 Å². The SMILES string of the molecule is COc1cccc(C#N)c1NCc1ccccc1Br. The summed E-state index contributed by atoms with van der Waals surface area (Å²) in [6.45, 7) is 0.622. The fourth-order valence-electron chi connectivity index (χ4n) is 1.80. The lowest BCUT2D eigenvalue weighted by atomic mass is 10.1. The summed E-state index contributed by atoms with van der Waals surface area (Å²) in [5.74, 6) is 0.672. The molecule has 96 valence electrons. The Bertz CT molecular complexity index is 620. The average molecular weight is 317 g/mol. The molecule has 0 spiro atoms. The van der Waals surface area contributed by atoms with Crippen molar-refractivity contribution in [3.8, 4) is 11.8 Å². The van der Waals surface area contributed by atoms with E-state index in [0.717, 1.165) is 15.7 Å². The van der Waals surface area contributed by atoms with Crippen LogP contribution in [-0.4, -0.2) is 7.11 Å². The number of hydrogen-bond donors (Lipinski definition) is 1. The molecule has 0 unspecified atom stereocenters. The minimum absolute atomic E-state index is 0.575. The summed E-state index contributed by atoms with van der Waals surface area (Å²) in [6, 6.07) is 15.5. The standard InChI is InChI=1S/C15H13BrN2O/c1-19-14-8-4-6-11(9-17)15(14)18-10-12-5-2-3-7-13(12)16/h2-8,18H,10H2,1H3.